The van der Waals surface area contributed by atoms with Crippen LogP contribution in [0.5, 0.6) is 0 Å². The summed E-state index contributed by atoms with van der Waals surface area (Å²) in [7, 11) is 0. The second-order valence-electron chi connectivity index (χ2n) is 3.77. The molecule has 19 heavy (non-hydrogen) atoms. The molecule has 2 N–H and O–H groups in total. The second-order valence-corrected chi connectivity index (χ2v) is 3.77. The summed E-state index contributed by atoms with van der Waals surface area (Å²) in [6.07, 6.45) is 3.24. The molecule has 94 valence electrons. The molecule has 0 unspecified atom stereocenters. The van der Waals surface area contributed by atoms with E-state index in [1.54, 1.807) is 18.2 Å². The predicted octanol–water partition coefficient (Wildman–Crippen LogP) is 2.69. The lowest BCUT2D eigenvalue weighted by atomic mass is 10.2. The number of hydrogen-bond donors (Lipinski definition) is 2. The third-order valence-electron chi connectivity index (χ3n) is 2.38. The lowest BCUT2D eigenvalue weighted by Gasteiger charge is -2.07. The first kappa shape index (κ1) is 12.6. The summed E-state index contributed by atoms with van der Waals surface area (Å²) in [5.41, 5.74) is 1.49. The number of nitrogens with one attached hydrogen (secondary N) is 2. The minimum Gasteiger partial charge on any atom is -0.366 e. The average molecular weight is 251 g/mol. The van der Waals surface area contributed by atoms with Gasteiger partial charge in [-0.05, 0) is 24.3 Å². The molecule has 0 bridgehead atoms. The van der Waals surface area contributed by atoms with Gasteiger partial charge in [-0.25, -0.2) is 9.97 Å². The van der Waals surface area contributed by atoms with Gasteiger partial charge in [-0.1, -0.05) is 6.08 Å². The van der Waals surface area contributed by atoms with Crippen LogP contribution in [-0.2, 0) is 0 Å². The molecule has 0 fully saturated rings. The molecule has 0 saturated carbocycles. The van der Waals surface area contributed by atoms with Gasteiger partial charge in [-0.3, -0.25) is 0 Å². The summed E-state index contributed by atoms with van der Waals surface area (Å²) in [4.78, 5) is 8.23. The topological polar surface area (TPSA) is 73.6 Å². The minimum absolute atomic E-state index is 0.626. The summed E-state index contributed by atoms with van der Waals surface area (Å²) >= 11 is 0. The maximum Gasteiger partial charge on any atom is 0.135 e. The number of rotatable bonds is 5. The highest BCUT2D eigenvalue weighted by Crippen LogP contribution is 2.16. The third-order valence-corrected chi connectivity index (χ3v) is 2.38. The molecule has 0 amide bonds. The van der Waals surface area contributed by atoms with Crippen LogP contribution in [0.4, 0.5) is 17.3 Å². The Morgan fingerprint density at radius 2 is 1.95 bits per heavy atom. The van der Waals surface area contributed by atoms with Crippen molar-refractivity contribution in [2.75, 3.05) is 17.2 Å². The lowest BCUT2D eigenvalue weighted by molar-refractivity contribution is 1.14. The Hall–Kier alpha value is -2.87. The number of aromatic nitrogens is 2. The molecule has 1 aromatic carbocycles. The molecule has 1 aromatic heterocycles. The molecule has 2 rings (SSSR count). The van der Waals surface area contributed by atoms with Gasteiger partial charge < -0.3 is 10.6 Å². The van der Waals surface area contributed by atoms with Crippen molar-refractivity contribution in [3.63, 3.8) is 0 Å². The van der Waals surface area contributed by atoms with Crippen molar-refractivity contribution >= 4 is 17.3 Å². The van der Waals surface area contributed by atoms with Gasteiger partial charge in [0.25, 0.3) is 0 Å². The highest BCUT2D eigenvalue weighted by atomic mass is 15.1. The molecule has 0 atom stereocenters. The number of nitrogens with zero attached hydrogens (tertiary/aromatic N) is 3. The van der Waals surface area contributed by atoms with Gasteiger partial charge >= 0.3 is 0 Å². The molecule has 0 radical (unpaired) electrons. The Morgan fingerprint density at radius 3 is 2.63 bits per heavy atom. The van der Waals surface area contributed by atoms with E-state index in [9.17, 15) is 0 Å². The van der Waals surface area contributed by atoms with Gasteiger partial charge in [0, 0.05) is 18.3 Å². The Bertz CT molecular complexity index is 598. The van der Waals surface area contributed by atoms with Crippen molar-refractivity contribution in [2.24, 2.45) is 0 Å². The number of benzene rings is 1. The molecule has 2 aromatic rings. The molecular weight excluding hydrogens is 238 g/mol. The van der Waals surface area contributed by atoms with Crippen molar-refractivity contribution in [1.82, 2.24) is 9.97 Å². The number of anilines is 3. The first-order valence-corrected chi connectivity index (χ1v) is 5.76. The second kappa shape index (κ2) is 6.17. The van der Waals surface area contributed by atoms with E-state index in [1.807, 2.05) is 18.2 Å². The highest BCUT2D eigenvalue weighted by Gasteiger charge is 1.99. The van der Waals surface area contributed by atoms with Crippen LogP contribution in [0.3, 0.4) is 0 Å². The third kappa shape index (κ3) is 3.54. The monoisotopic (exact) mass is 251 g/mol. The van der Waals surface area contributed by atoms with Crippen molar-refractivity contribution in [3.8, 4) is 6.07 Å². The van der Waals surface area contributed by atoms with Crippen LogP contribution in [0.2, 0.25) is 0 Å². The van der Waals surface area contributed by atoms with Crippen LogP contribution in [0, 0.1) is 11.3 Å². The fourth-order valence-corrected chi connectivity index (χ4v) is 1.48. The fourth-order valence-electron chi connectivity index (χ4n) is 1.48. The first-order chi connectivity index (χ1) is 9.31. The molecule has 5 heteroatoms. The highest BCUT2D eigenvalue weighted by molar-refractivity contribution is 5.59. The number of nitriles is 1. The van der Waals surface area contributed by atoms with Gasteiger partial charge in [0.15, 0.2) is 0 Å². The fraction of sp³-hybridized carbons (Fsp3) is 0.0714. The molecule has 0 aliphatic heterocycles. The number of hydrogen-bond acceptors (Lipinski definition) is 5. The van der Waals surface area contributed by atoms with E-state index in [2.05, 4.69) is 33.2 Å². The van der Waals surface area contributed by atoms with Crippen LogP contribution >= 0.6 is 0 Å². The van der Waals surface area contributed by atoms with Gasteiger partial charge in [0.05, 0.1) is 11.6 Å². The lowest BCUT2D eigenvalue weighted by Crippen LogP contribution is -2.02. The Morgan fingerprint density at radius 1 is 1.21 bits per heavy atom. The zero-order valence-corrected chi connectivity index (χ0v) is 10.3. The molecule has 0 aliphatic carbocycles. The molecule has 0 spiro atoms. The zero-order chi connectivity index (χ0) is 13.5. The molecule has 0 aliphatic rings. The minimum atomic E-state index is 0.626. The zero-order valence-electron chi connectivity index (χ0n) is 10.3. The predicted molar refractivity (Wildman–Crippen MR) is 75.2 cm³/mol. The quantitative estimate of drug-likeness (QED) is 0.799. The Balaban J connectivity index is 2.09. The smallest absolute Gasteiger partial charge is 0.135 e. The van der Waals surface area contributed by atoms with Crippen LogP contribution in [0.1, 0.15) is 5.56 Å². The average Bonchev–Trinajstić information content (AvgIpc) is 2.46. The van der Waals surface area contributed by atoms with Crippen molar-refractivity contribution < 1.29 is 0 Å². The van der Waals surface area contributed by atoms with Crippen molar-refractivity contribution in [1.29, 1.82) is 5.26 Å². The van der Waals surface area contributed by atoms with E-state index in [-0.39, 0.29) is 0 Å². The molecular formula is C14H13N5. The molecule has 5 nitrogen and oxygen atoms in total. The van der Waals surface area contributed by atoms with Crippen LogP contribution in [0.15, 0.2) is 49.3 Å². The first-order valence-electron chi connectivity index (χ1n) is 5.76. The van der Waals surface area contributed by atoms with Gasteiger partial charge in [0.2, 0.25) is 0 Å². The maximum absolute atomic E-state index is 8.73. The summed E-state index contributed by atoms with van der Waals surface area (Å²) in [5.74, 6) is 1.41. The maximum atomic E-state index is 8.73. The van der Waals surface area contributed by atoms with E-state index in [4.69, 9.17) is 5.26 Å². The van der Waals surface area contributed by atoms with E-state index in [0.29, 0.717) is 17.9 Å². The van der Waals surface area contributed by atoms with E-state index >= 15 is 0 Å². The molecule has 1 heterocycles. The molecule has 0 saturated heterocycles. The van der Waals surface area contributed by atoms with E-state index in [0.717, 1.165) is 11.5 Å². The van der Waals surface area contributed by atoms with Gasteiger partial charge in [-0.2, -0.15) is 5.26 Å². The summed E-state index contributed by atoms with van der Waals surface area (Å²) in [6, 6.07) is 11.0. The van der Waals surface area contributed by atoms with Crippen LogP contribution in [0.25, 0.3) is 0 Å². The van der Waals surface area contributed by atoms with Crippen LogP contribution in [-0.4, -0.2) is 16.5 Å². The largest absolute Gasteiger partial charge is 0.366 e. The summed E-state index contributed by atoms with van der Waals surface area (Å²) < 4.78 is 0. The SMILES string of the molecule is C=CCNc1cc(Nc2ccc(C#N)cc2)ncn1. The van der Waals surface area contributed by atoms with Crippen molar-refractivity contribution in [2.45, 2.75) is 0 Å². The van der Waals surface area contributed by atoms with Gasteiger partial charge in [0.1, 0.15) is 18.0 Å². The summed E-state index contributed by atoms with van der Waals surface area (Å²) in [6.45, 7) is 4.28. The Labute approximate surface area is 111 Å². The van der Waals surface area contributed by atoms with E-state index in [1.165, 1.54) is 6.33 Å². The summed E-state index contributed by atoms with van der Waals surface area (Å²) in [5, 5.41) is 15.0. The standard InChI is InChI=1S/C14H13N5/c1-2-7-16-13-8-14(18-10-17-13)19-12-5-3-11(9-15)4-6-12/h2-6,8,10H,1,7H2,(H2,16,17,18,19). The Kier molecular flexibility index (Phi) is 4.09. The van der Waals surface area contributed by atoms with Gasteiger partial charge in [-0.15, -0.1) is 6.58 Å². The van der Waals surface area contributed by atoms with E-state index < -0.39 is 0 Å². The van der Waals surface area contributed by atoms with Crippen LogP contribution < -0.4 is 10.6 Å². The van der Waals surface area contributed by atoms with Crippen molar-refractivity contribution in [3.05, 3.63) is 54.9 Å². The normalized spacial score (nSPS) is 9.42.